The molecule has 0 N–H and O–H groups in total. The van der Waals surface area contributed by atoms with Gasteiger partial charge in [-0.15, -0.1) is 0 Å². The number of hydrogen-bond donors (Lipinski definition) is 0. The Labute approximate surface area is 326 Å². The fraction of sp³-hybridized carbons (Fsp3) is 0.0545. The molecule has 2 aliphatic rings. The summed E-state index contributed by atoms with van der Waals surface area (Å²) in [4.78, 5) is 0. The van der Waals surface area contributed by atoms with Crippen LogP contribution >= 0.6 is 0 Å². The van der Waals surface area contributed by atoms with Crippen molar-refractivity contribution in [1.82, 2.24) is 4.57 Å². The van der Waals surface area contributed by atoms with E-state index in [1.165, 1.54) is 104 Å². The molecule has 9 aromatic carbocycles. The third kappa shape index (κ3) is 4.26. The van der Waals surface area contributed by atoms with Gasteiger partial charge in [-0.3, -0.25) is 0 Å². The van der Waals surface area contributed by atoms with Gasteiger partial charge in [-0.2, -0.15) is 0 Å². The highest BCUT2D eigenvalue weighted by Crippen LogP contribution is 2.59. The van der Waals surface area contributed by atoms with E-state index in [2.05, 4.69) is 205 Å². The molecule has 2 aliphatic carbocycles. The van der Waals surface area contributed by atoms with E-state index in [4.69, 9.17) is 0 Å². The number of allylic oxidation sites excluding steroid dienone is 4. The van der Waals surface area contributed by atoms with E-state index >= 15 is 0 Å². The topological polar surface area (TPSA) is 4.93 Å². The summed E-state index contributed by atoms with van der Waals surface area (Å²) < 4.78 is 2.54. The number of aromatic nitrogens is 1. The first-order valence-electron chi connectivity index (χ1n) is 19.8. The quantitative estimate of drug-likeness (QED) is 0.160. The van der Waals surface area contributed by atoms with E-state index in [1.54, 1.807) is 0 Å². The zero-order chi connectivity index (χ0) is 36.8. The molecule has 0 fully saturated rings. The maximum Gasteiger partial charge on any atom is 0.0711 e. The smallest absolute Gasteiger partial charge is 0.0711 e. The summed E-state index contributed by atoms with van der Waals surface area (Å²) >= 11 is 0. The predicted octanol–water partition coefficient (Wildman–Crippen LogP) is 14.4. The number of benzene rings is 9. The highest BCUT2D eigenvalue weighted by molar-refractivity contribution is 6.26. The monoisotopic (exact) mass is 711 g/mol. The van der Waals surface area contributed by atoms with Crippen LogP contribution in [0.5, 0.6) is 0 Å². The Morgan fingerprint density at radius 3 is 1.59 bits per heavy atom. The third-order valence-electron chi connectivity index (χ3n) is 12.7. The van der Waals surface area contributed by atoms with Crippen LogP contribution in [0, 0.1) is 0 Å². The van der Waals surface area contributed by atoms with Gasteiger partial charge in [-0.05, 0) is 114 Å². The maximum absolute atomic E-state index is 2.54. The van der Waals surface area contributed by atoms with Crippen molar-refractivity contribution in [2.45, 2.75) is 18.3 Å². The molecule has 1 aromatic heterocycles. The molecule has 0 bridgehead atoms. The van der Waals surface area contributed by atoms with Crippen molar-refractivity contribution in [3.63, 3.8) is 0 Å². The molecule has 1 nitrogen and oxygen atoms in total. The predicted molar refractivity (Wildman–Crippen MR) is 237 cm³/mol. The molecule has 0 saturated heterocycles. The van der Waals surface area contributed by atoms with E-state index in [0.717, 1.165) is 12.8 Å². The minimum Gasteiger partial charge on any atom is -0.309 e. The maximum atomic E-state index is 2.54. The van der Waals surface area contributed by atoms with Gasteiger partial charge in [0.15, 0.2) is 0 Å². The van der Waals surface area contributed by atoms with Crippen LogP contribution in [-0.4, -0.2) is 4.57 Å². The fourth-order valence-electron chi connectivity index (χ4n) is 10.4. The van der Waals surface area contributed by atoms with Crippen LogP contribution in [0.1, 0.15) is 35.1 Å². The SMILES string of the molecule is C1=CC2=C(CC1)c1c(ccc3c4cc(-c5ccc6c7ccccc7c7ccccc7c6c5)ccc4n(-c4ccccc4)c13)C2(c1ccccc1)c1ccccc1. The van der Waals surface area contributed by atoms with Crippen LogP contribution in [0.2, 0.25) is 0 Å². The average Bonchev–Trinajstić information content (AvgIpc) is 3.78. The highest BCUT2D eigenvalue weighted by atomic mass is 15.0. The molecular formula is C55H37N. The molecule has 10 aromatic rings. The van der Waals surface area contributed by atoms with Crippen LogP contribution < -0.4 is 0 Å². The van der Waals surface area contributed by atoms with Crippen molar-refractivity contribution in [1.29, 1.82) is 0 Å². The zero-order valence-corrected chi connectivity index (χ0v) is 30.9. The van der Waals surface area contributed by atoms with Crippen LogP contribution in [0.3, 0.4) is 0 Å². The largest absolute Gasteiger partial charge is 0.309 e. The van der Waals surface area contributed by atoms with Gasteiger partial charge in [0.1, 0.15) is 0 Å². The molecule has 1 heteroatoms. The molecule has 0 amide bonds. The Kier molecular flexibility index (Phi) is 6.74. The first kappa shape index (κ1) is 31.4. The first-order valence-corrected chi connectivity index (χ1v) is 19.8. The lowest BCUT2D eigenvalue weighted by Gasteiger charge is -2.35. The lowest BCUT2D eigenvalue weighted by atomic mass is 9.66. The van der Waals surface area contributed by atoms with Crippen molar-refractivity contribution in [2.75, 3.05) is 0 Å². The van der Waals surface area contributed by atoms with Crippen LogP contribution in [0.15, 0.2) is 206 Å². The molecule has 0 atom stereocenters. The highest BCUT2D eigenvalue weighted by Gasteiger charge is 2.48. The Hall–Kier alpha value is -6.96. The molecule has 12 rings (SSSR count). The number of rotatable bonds is 4. The van der Waals surface area contributed by atoms with Gasteiger partial charge < -0.3 is 4.57 Å². The standard InChI is InChI=1S/C55H37N/c1-4-16-38(17-5-1)55(39-18-6-2-7-19-39)50-27-15-14-26-47(50)53-51(55)32-31-46-49-35-37(29-33-52(49)56(54(46)53)40-20-8-3-9-21-40)36-28-30-45-43-24-11-10-22-41(43)42-23-12-13-25-44(42)48(45)34-36/h1-13,15-25,27-35H,14,26H2. The van der Waals surface area contributed by atoms with Crippen molar-refractivity contribution in [3.05, 3.63) is 228 Å². The molecule has 0 unspecified atom stereocenters. The summed E-state index contributed by atoms with van der Waals surface area (Å²) in [6.07, 6.45) is 6.87. The summed E-state index contributed by atoms with van der Waals surface area (Å²) in [5.41, 5.74) is 14.0. The Morgan fingerprint density at radius 2 is 0.946 bits per heavy atom. The number of nitrogens with zero attached hydrogens (tertiary/aromatic N) is 1. The van der Waals surface area contributed by atoms with E-state index in [1.807, 2.05) is 0 Å². The average molecular weight is 712 g/mol. The Morgan fingerprint density at radius 1 is 0.429 bits per heavy atom. The molecular weight excluding hydrogens is 675 g/mol. The van der Waals surface area contributed by atoms with E-state index in [0.29, 0.717) is 0 Å². The third-order valence-corrected chi connectivity index (χ3v) is 12.7. The van der Waals surface area contributed by atoms with Crippen molar-refractivity contribution in [3.8, 4) is 16.8 Å². The van der Waals surface area contributed by atoms with Gasteiger partial charge in [-0.1, -0.05) is 170 Å². The van der Waals surface area contributed by atoms with Gasteiger partial charge in [-0.25, -0.2) is 0 Å². The lowest BCUT2D eigenvalue weighted by Crippen LogP contribution is -2.29. The zero-order valence-electron chi connectivity index (χ0n) is 30.9. The van der Waals surface area contributed by atoms with Crippen LogP contribution in [0.4, 0.5) is 0 Å². The normalized spacial score (nSPS) is 14.6. The lowest BCUT2D eigenvalue weighted by molar-refractivity contribution is 0.757. The van der Waals surface area contributed by atoms with Crippen LogP contribution in [0.25, 0.3) is 76.5 Å². The van der Waals surface area contributed by atoms with Crippen molar-refractivity contribution >= 4 is 59.7 Å². The van der Waals surface area contributed by atoms with Gasteiger partial charge in [0.2, 0.25) is 0 Å². The summed E-state index contributed by atoms with van der Waals surface area (Å²) in [7, 11) is 0. The van der Waals surface area contributed by atoms with Gasteiger partial charge >= 0.3 is 0 Å². The summed E-state index contributed by atoms with van der Waals surface area (Å²) in [6, 6.07) is 70.1. The van der Waals surface area contributed by atoms with Crippen molar-refractivity contribution in [2.24, 2.45) is 0 Å². The molecule has 0 spiro atoms. The molecule has 0 radical (unpaired) electrons. The second-order valence-corrected chi connectivity index (χ2v) is 15.5. The molecule has 262 valence electrons. The summed E-state index contributed by atoms with van der Waals surface area (Å²) in [5.74, 6) is 0. The second-order valence-electron chi connectivity index (χ2n) is 15.5. The second kappa shape index (κ2) is 12.0. The Balaban J connectivity index is 1.16. The minimum absolute atomic E-state index is 0.417. The van der Waals surface area contributed by atoms with Gasteiger partial charge in [0.05, 0.1) is 16.4 Å². The van der Waals surface area contributed by atoms with E-state index in [-0.39, 0.29) is 0 Å². The van der Waals surface area contributed by atoms with Gasteiger partial charge in [0.25, 0.3) is 0 Å². The first-order chi connectivity index (χ1) is 27.8. The number of fused-ring (bicyclic) bond motifs is 12. The molecule has 56 heavy (non-hydrogen) atoms. The van der Waals surface area contributed by atoms with E-state index < -0.39 is 5.41 Å². The number of para-hydroxylation sites is 1. The van der Waals surface area contributed by atoms with Gasteiger partial charge in [0, 0.05) is 22.0 Å². The Bertz CT molecular complexity index is 3200. The number of hydrogen-bond acceptors (Lipinski definition) is 0. The van der Waals surface area contributed by atoms with Crippen molar-refractivity contribution < 1.29 is 0 Å². The molecule has 0 aliphatic heterocycles. The summed E-state index contributed by atoms with van der Waals surface area (Å²) in [6.45, 7) is 0. The molecule has 1 heterocycles. The minimum atomic E-state index is -0.417. The summed E-state index contributed by atoms with van der Waals surface area (Å²) in [5, 5.41) is 10.4. The van der Waals surface area contributed by atoms with Crippen LogP contribution in [-0.2, 0) is 5.41 Å². The van der Waals surface area contributed by atoms with E-state index in [9.17, 15) is 0 Å². The molecule has 0 saturated carbocycles. The fourth-order valence-corrected chi connectivity index (χ4v) is 10.4.